The molecule has 0 atom stereocenters. The molecule has 17 heavy (non-hydrogen) atoms. The maximum Gasteiger partial charge on any atom is 0.0544 e. The fraction of sp³-hybridized carbons (Fsp3) is 0.533. The van der Waals surface area contributed by atoms with Crippen molar-refractivity contribution in [3.63, 3.8) is 0 Å². The van der Waals surface area contributed by atoms with E-state index >= 15 is 0 Å². The molecule has 0 fully saturated rings. The quantitative estimate of drug-likeness (QED) is 0.794. The summed E-state index contributed by atoms with van der Waals surface area (Å²) in [7, 11) is 0. The van der Waals surface area contributed by atoms with E-state index in [1.54, 1.807) is 6.20 Å². The van der Waals surface area contributed by atoms with Crippen molar-refractivity contribution in [3.05, 3.63) is 29.6 Å². The summed E-state index contributed by atoms with van der Waals surface area (Å²) >= 11 is 0. The summed E-state index contributed by atoms with van der Waals surface area (Å²) < 4.78 is 0. The summed E-state index contributed by atoms with van der Waals surface area (Å²) in [6.45, 7) is 6.64. The number of anilines is 1. The predicted molar refractivity (Wildman–Crippen MR) is 73.8 cm³/mol. The zero-order valence-electron chi connectivity index (χ0n) is 11.1. The summed E-state index contributed by atoms with van der Waals surface area (Å²) in [5, 5.41) is 0. The van der Waals surface area contributed by atoms with Gasteiger partial charge in [-0.15, -0.1) is 0 Å². The van der Waals surface area contributed by atoms with Crippen molar-refractivity contribution in [1.82, 2.24) is 4.98 Å². The van der Waals surface area contributed by atoms with Gasteiger partial charge in [0, 0.05) is 11.8 Å². The van der Waals surface area contributed by atoms with Crippen LogP contribution in [0.3, 0.4) is 0 Å². The van der Waals surface area contributed by atoms with Gasteiger partial charge in [0.2, 0.25) is 0 Å². The molecule has 0 saturated carbocycles. The number of rotatable bonds is 1. The highest BCUT2D eigenvalue weighted by atomic mass is 14.7. The van der Waals surface area contributed by atoms with Crippen molar-refractivity contribution < 1.29 is 0 Å². The number of nitrogen functional groups attached to an aromatic ring is 1. The topological polar surface area (TPSA) is 38.9 Å². The molecule has 0 bridgehead atoms. The summed E-state index contributed by atoms with van der Waals surface area (Å²) in [5.41, 5.74) is 11.0. The minimum atomic E-state index is 0.0701. The van der Waals surface area contributed by atoms with Gasteiger partial charge in [-0.1, -0.05) is 26.8 Å². The van der Waals surface area contributed by atoms with Gasteiger partial charge in [0.15, 0.2) is 0 Å². The van der Waals surface area contributed by atoms with Crippen LogP contribution in [0.25, 0.3) is 5.57 Å². The average Bonchev–Trinajstić information content (AvgIpc) is 2.28. The molecule has 0 spiro atoms. The first kappa shape index (κ1) is 12.2. The minimum Gasteiger partial charge on any atom is -0.397 e. The van der Waals surface area contributed by atoms with Crippen LogP contribution in [0.1, 0.15) is 57.6 Å². The van der Waals surface area contributed by atoms with Crippen LogP contribution in [0.5, 0.6) is 0 Å². The molecular formula is C15H22N2. The van der Waals surface area contributed by atoms with Crippen molar-refractivity contribution in [2.24, 2.45) is 0 Å². The first-order valence-electron chi connectivity index (χ1n) is 6.43. The van der Waals surface area contributed by atoms with Gasteiger partial charge in [0.05, 0.1) is 11.9 Å². The maximum atomic E-state index is 6.12. The Kier molecular flexibility index (Phi) is 3.23. The Hall–Kier alpha value is -1.31. The van der Waals surface area contributed by atoms with E-state index in [9.17, 15) is 0 Å². The smallest absolute Gasteiger partial charge is 0.0544 e. The van der Waals surface area contributed by atoms with E-state index in [1.165, 1.54) is 36.0 Å². The number of hydrogen-bond acceptors (Lipinski definition) is 2. The van der Waals surface area contributed by atoms with Crippen LogP contribution < -0.4 is 5.73 Å². The highest BCUT2D eigenvalue weighted by Gasteiger charge is 2.23. The lowest BCUT2D eigenvalue weighted by atomic mass is 9.80. The molecule has 0 aromatic carbocycles. The molecule has 0 radical (unpaired) electrons. The molecule has 0 unspecified atom stereocenters. The lowest BCUT2D eigenvalue weighted by molar-refractivity contribution is 0.588. The zero-order valence-corrected chi connectivity index (χ0v) is 11.1. The fourth-order valence-electron chi connectivity index (χ4n) is 2.64. The number of allylic oxidation sites excluding steroid dienone is 2. The standard InChI is InChI=1S/C15H22N2/c1-15(2,3)14-12(9-17-10-13(14)16)11-7-5-4-6-8-11/h7,9-10H,4-6,8,16H2,1-3H3. The van der Waals surface area contributed by atoms with Crippen LogP contribution in [0.4, 0.5) is 5.69 Å². The molecule has 2 N–H and O–H groups in total. The third-order valence-corrected chi connectivity index (χ3v) is 3.36. The Balaban J connectivity index is 2.53. The lowest BCUT2D eigenvalue weighted by Crippen LogP contribution is -2.17. The molecular weight excluding hydrogens is 208 g/mol. The molecule has 92 valence electrons. The highest BCUT2D eigenvalue weighted by molar-refractivity contribution is 5.73. The second kappa shape index (κ2) is 4.52. The summed E-state index contributed by atoms with van der Waals surface area (Å²) in [6, 6.07) is 0. The van der Waals surface area contributed by atoms with Gasteiger partial charge in [-0.05, 0) is 42.2 Å². The normalized spacial score (nSPS) is 16.8. The number of hydrogen-bond donors (Lipinski definition) is 1. The SMILES string of the molecule is CC(C)(C)c1c(N)cncc1C1=CCCCC1. The van der Waals surface area contributed by atoms with Crippen LogP contribution in [0, 0.1) is 0 Å². The van der Waals surface area contributed by atoms with E-state index in [0.29, 0.717) is 0 Å². The Labute approximate surface area is 104 Å². The first-order chi connectivity index (χ1) is 8.00. The third kappa shape index (κ3) is 2.51. The van der Waals surface area contributed by atoms with Crippen molar-refractivity contribution >= 4 is 11.3 Å². The Morgan fingerprint density at radius 2 is 1.94 bits per heavy atom. The van der Waals surface area contributed by atoms with E-state index in [1.807, 2.05) is 6.20 Å². The molecule has 2 nitrogen and oxygen atoms in total. The molecule has 0 aliphatic heterocycles. The summed E-state index contributed by atoms with van der Waals surface area (Å²) in [6.07, 6.45) is 11.0. The number of aromatic nitrogens is 1. The van der Waals surface area contributed by atoms with Crippen LogP contribution in [-0.2, 0) is 5.41 Å². The van der Waals surface area contributed by atoms with E-state index in [2.05, 4.69) is 31.8 Å². The van der Waals surface area contributed by atoms with Crippen LogP contribution in [0.15, 0.2) is 18.5 Å². The predicted octanol–water partition coefficient (Wildman–Crippen LogP) is 3.92. The zero-order chi connectivity index (χ0) is 12.5. The Morgan fingerprint density at radius 1 is 1.18 bits per heavy atom. The molecule has 1 aromatic rings. The van der Waals surface area contributed by atoms with Gasteiger partial charge in [-0.3, -0.25) is 4.98 Å². The highest BCUT2D eigenvalue weighted by Crippen LogP contribution is 2.37. The summed E-state index contributed by atoms with van der Waals surface area (Å²) in [4.78, 5) is 4.27. The van der Waals surface area contributed by atoms with Gasteiger partial charge in [-0.25, -0.2) is 0 Å². The van der Waals surface area contributed by atoms with E-state index in [4.69, 9.17) is 5.73 Å². The maximum absolute atomic E-state index is 6.12. The Bertz CT molecular complexity index is 439. The second-order valence-electron chi connectivity index (χ2n) is 5.88. The van der Waals surface area contributed by atoms with Gasteiger partial charge >= 0.3 is 0 Å². The molecule has 1 aliphatic carbocycles. The number of pyridine rings is 1. The molecule has 2 heteroatoms. The van der Waals surface area contributed by atoms with Gasteiger partial charge in [-0.2, -0.15) is 0 Å². The molecule has 0 amide bonds. The third-order valence-electron chi connectivity index (χ3n) is 3.36. The van der Waals surface area contributed by atoms with E-state index in [0.717, 1.165) is 12.1 Å². The van der Waals surface area contributed by atoms with Crippen LogP contribution >= 0.6 is 0 Å². The fourth-order valence-corrected chi connectivity index (χ4v) is 2.64. The van der Waals surface area contributed by atoms with Crippen LogP contribution in [0.2, 0.25) is 0 Å². The van der Waals surface area contributed by atoms with Crippen molar-refractivity contribution in [2.75, 3.05) is 5.73 Å². The van der Waals surface area contributed by atoms with Gasteiger partial charge < -0.3 is 5.73 Å². The molecule has 1 aliphatic rings. The van der Waals surface area contributed by atoms with Crippen molar-refractivity contribution in [2.45, 2.75) is 51.9 Å². The molecule has 1 heterocycles. The van der Waals surface area contributed by atoms with E-state index in [-0.39, 0.29) is 5.41 Å². The average molecular weight is 230 g/mol. The lowest BCUT2D eigenvalue weighted by Gasteiger charge is -2.26. The molecule has 2 rings (SSSR count). The van der Waals surface area contributed by atoms with Gasteiger partial charge in [0.1, 0.15) is 0 Å². The first-order valence-corrected chi connectivity index (χ1v) is 6.43. The molecule has 1 aromatic heterocycles. The largest absolute Gasteiger partial charge is 0.397 e. The van der Waals surface area contributed by atoms with E-state index < -0.39 is 0 Å². The Morgan fingerprint density at radius 3 is 2.53 bits per heavy atom. The summed E-state index contributed by atoms with van der Waals surface area (Å²) in [5.74, 6) is 0. The number of nitrogens with two attached hydrogens (primary N) is 1. The second-order valence-corrected chi connectivity index (χ2v) is 5.88. The molecule has 0 saturated heterocycles. The minimum absolute atomic E-state index is 0.0701. The van der Waals surface area contributed by atoms with Crippen LogP contribution in [-0.4, -0.2) is 4.98 Å². The van der Waals surface area contributed by atoms with Crippen molar-refractivity contribution in [3.8, 4) is 0 Å². The monoisotopic (exact) mass is 230 g/mol. The number of nitrogens with zero attached hydrogens (tertiary/aromatic N) is 1. The van der Waals surface area contributed by atoms with Crippen molar-refractivity contribution in [1.29, 1.82) is 0 Å². The van der Waals surface area contributed by atoms with Gasteiger partial charge in [0.25, 0.3) is 0 Å².